The van der Waals surface area contributed by atoms with E-state index in [1.165, 1.54) is 0 Å². The Hall–Kier alpha value is -1.46. The molecule has 1 rings (SSSR count). The SMILES string of the molecule is CCOc1cc(N)cc(N(CCOC)CCOC)c1. The van der Waals surface area contributed by atoms with Gasteiger partial charge >= 0.3 is 0 Å². The first-order valence-electron chi connectivity index (χ1n) is 6.47. The van der Waals surface area contributed by atoms with Gasteiger partial charge in [0, 0.05) is 50.8 Å². The molecular formula is C14H24N2O3. The van der Waals surface area contributed by atoms with Gasteiger partial charge in [0.15, 0.2) is 0 Å². The minimum Gasteiger partial charge on any atom is -0.494 e. The molecule has 108 valence electrons. The van der Waals surface area contributed by atoms with E-state index in [4.69, 9.17) is 19.9 Å². The van der Waals surface area contributed by atoms with Crippen LogP contribution in [0.25, 0.3) is 0 Å². The van der Waals surface area contributed by atoms with Gasteiger partial charge in [-0.3, -0.25) is 0 Å². The van der Waals surface area contributed by atoms with Gasteiger partial charge in [0.2, 0.25) is 0 Å². The van der Waals surface area contributed by atoms with Crippen LogP contribution in [0.2, 0.25) is 0 Å². The second-order valence-electron chi connectivity index (χ2n) is 4.17. The van der Waals surface area contributed by atoms with E-state index < -0.39 is 0 Å². The molecule has 0 fully saturated rings. The zero-order valence-corrected chi connectivity index (χ0v) is 12.0. The Kier molecular flexibility index (Phi) is 7.07. The molecule has 0 amide bonds. The van der Waals surface area contributed by atoms with Crippen LogP contribution in [0.15, 0.2) is 18.2 Å². The third-order valence-corrected chi connectivity index (χ3v) is 2.72. The van der Waals surface area contributed by atoms with Crippen LogP contribution in [0, 0.1) is 0 Å². The predicted molar refractivity (Wildman–Crippen MR) is 78.0 cm³/mol. The van der Waals surface area contributed by atoms with E-state index in [-0.39, 0.29) is 0 Å². The summed E-state index contributed by atoms with van der Waals surface area (Å²) >= 11 is 0. The molecule has 0 bridgehead atoms. The van der Waals surface area contributed by atoms with Crippen LogP contribution in [0.1, 0.15) is 6.92 Å². The van der Waals surface area contributed by atoms with Crippen molar-refractivity contribution in [2.75, 3.05) is 57.8 Å². The maximum atomic E-state index is 5.92. The zero-order valence-electron chi connectivity index (χ0n) is 12.0. The van der Waals surface area contributed by atoms with Crippen molar-refractivity contribution in [2.45, 2.75) is 6.92 Å². The molecule has 0 unspecified atom stereocenters. The number of ether oxygens (including phenoxy) is 3. The first-order chi connectivity index (χ1) is 9.21. The highest BCUT2D eigenvalue weighted by molar-refractivity contribution is 5.60. The molecule has 0 atom stereocenters. The maximum Gasteiger partial charge on any atom is 0.123 e. The summed E-state index contributed by atoms with van der Waals surface area (Å²) in [5.74, 6) is 0.789. The van der Waals surface area contributed by atoms with Gasteiger partial charge in [0.1, 0.15) is 5.75 Å². The van der Waals surface area contributed by atoms with Crippen molar-refractivity contribution in [2.24, 2.45) is 0 Å². The van der Waals surface area contributed by atoms with Crippen LogP contribution >= 0.6 is 0 Å². The van der Waals surface area contributed by atoms with E-state index >= 15 is 0 Å². The number of hydrogen-bond acceptors (Lipinski definition) is 5. The van der Waals surface area contributed by atoms with Crippen molar-refractivity contribution < 1.29 is 14.2 Å². The van der Waals surface area contributed by atoms with Gasteiger partial charge in [-0.2, -0.15) is 0 Å². The molecule has 1 aromatic carbocycles. The van der Waals surface area contributed by atoms with E-state index in [1.807, 2.05) is 25.1 Å². The molecule has 1 aromatic rings. The van der Waals surface area contributed by atoms with Crippen LogP contribution in [0.5, 0.6) is 5.75 Å². The average Bonchev–Trinajstić information content (AvgIpc) is 2.38. The van der Waals surface area contributed by atoms with Crippen molar-refractivity contribution in [3.63, 3.8) is 0 Å². The summed E-state index contributed by atoms with van der Waals surface area (Å²) in [7, 11) is 3.39. The molecule has 5 nitrogen and oxygen atoms in total. The lowest BCUT2D eigenvalue weighted by atomic mass is 10.2. The Morgan fingerprint density at radius 1 is 1.05 bits per heavy atom. The first-order valence-corrected chi connectivity index (χ1v) is 6.47. The Bertz CT molecular complexity index is 364. The third kappa shape index (κ3) is 5.36. The van der Waals surface area contributed by atoms with Crippen LogP contribution in [-0.4, -0.2) is 47.1 Å². The number of rotatable bonds is 9. The predicted octanol–water partition coefficient (Wildman–Crippen LogP) is 1.77. The van der Waals surface area contributed by atoms with Gasteiger partial charge in [-0.25, -0.2) is 0 Å². The molecule has 0 radical (unpaired) electrons. The van der Waals surface area contributed by atoms with Crippen molar-refractivity contribution >= 4 is 11.4 Å². The van der Waals surface area contributed by atoms with Gasteiger partial charge in [-0.1, -0.05) is 0 Å². The lowest BCUT2D eigenvalue weighted by Gasteiger charge is -2.25. The molecular weight excluding hydrogens is 244 g/mol. The number of nitrogens with zero attached hydrogens (tertiary/aromatic N) is 1. The number of methoxy groups -OCH3 is 2. The molecule has 0 aromatic heterocycles. The molecule has 19 heavy (non-hydrogen) atoms. The second kappa shape index (κ2) is 8.61. The fourth-order valence-corrected chi connectivity index (χ4v) is 1.81. The first kappa shape index (κ1) is 15.6. The fourth-order valence-electron chi connectivity index (χ4n) is 1.81. The highest BCUT2D eigenvalue weighted by atomic mass is 16.5. The summed E-state index contributed by atoms with van der Waals surface area (Å²) in [6, 6.07) is 5.76. The standard InChI is InChI=1S/C14H24N2O3/c1-4-19-14-10-12(15)9-13(11-14)16(5-7-17-2)6-8-18-3/h9-11H,4-8,15H2,1-3H3. The fraction of sp³-hybridized carbons (Fsp3) is 0.571. The quantitative estimate of drug-likeness (QED) is 0.692. The Morgan fingerprint density at radius 2 is 1.68 bits per heavy atom. The summed E-state index contributed by atoms with van der Waals surface area (Å²) < 4.78 is 15.8. The molecule has 0 saturated heterocycles. The van der Waals surface area contributed by atoms with Crippen molar-refractivity contribution in [1.82, 2.24) is 0 Å². The number of hydrogen-bond donors (Lipinski definition) is 1. The number of nitrogens with two attached hydrogens (primary N) is 1. The van der Waals surface area contributed by atoms with Crippen molar-refractivity contribution in [3.05, 3.63) is 18.2 Å². The Balaban J connectivity index is 2.85. The largest absolute Gasteiger partial charge is 0.494 e. The topological polar surface area (TPSA) is 57.0 Å². The molecule has 0 aliphatic carbocycles. The van der Waals surface area contributed by atoms with Gasteiger partial charge in [0.05, 0.1) is 19.8 Å². The Morgan fingerprint density at radius 3 is 2.21 bits per heavy atom. The second-order valence-corrected chi connectivity index (χ2v) is 4.17. The minimum atomic E-state index is 0.624. The lowest BCUT2D eigenvalue weighted by molar-refractivity contribution is 0.190. The normalized spacial score (nSPS) is 10.5. The monoisotopic (exact) mass is 268 g/mol. The van der Waals surface area contributed by atoms with Gasteiger partial charge in [0.25, 0.3) is 0 Å². The van der Waals surface area contributed by atoms with Gasteiger partial charge in [-0.15, -0.1) is 0 Å². The van der Waals surface area contributed by atoms with E-state index in [9.17, 15) is 0 Å². The van der Waals surface area contributed by atoms with E-state index in [1.54, 1.807) is 14.2 Å². The molecule has 0 aliphatic rings. The molecule has 0 heterocycles. The summed E-state index contributed by atoms with van der Waals surface area (Å²) in [4.78, 5) is 2.17. The van der Waals surface area contributed by atoms with Gasteiger partial charge in [-0.05, 0) is 13.0 Å². The van der Waals surface area contributed by atoms with Crippen molar-refractivity contribution in [3.8, 4) is 5.75 Å². The molecule has 0 saturated carbocycles. The minimum absolute atomic E-state index is 0.624. The van der Waals surface area contributed by atoms with Crippen molar-refractivity contribution in [1.29, 1.82) is 0 Å². The van der Waals surface area contributed by atoms with E-state index in [2.05, 4.69) is 4.90 Å². The molecule has 5 heteroatoms. The summed E-state index contributed by atoms with van der Waals surface area (Å²) in [5.41, 5.74) is 7.64. The number of nitrogen functional groups attached to an aromatic ring is 1. The molecule has 0 spiro atoms. The maximum absolute atomic E-state index is 5.92. The van der Waals surface area contributed by atoms with E-state index in [0.717, 1.165) is 24.5 Å². The summed E-state index contributed by atoms with van der Waals surface area (Å²) in [5, 5.41) is 0. The van der Waals surface area contributed by atoms with Crippen LogP contribution in [-0.2, 0) is 9.47 Å². The van der Waals surface area contributed by atoms with E-state index in [0.29, 0.717) is 25.5 Å². The van der Waals surface area contributed by atoms with Crippen LogP contribution in [0.3, 0.4) is 0 Å². The summed E-state index contributed by atoms with van der Waals surface area (Å²) in [6.07, 6.45) is 0. The number of benzene rings is 1. The van der Waals surface area contributed by atoms with Crippen LogP contribution in [0.4, 0.5) is 11.4 Å². The average molecular weight is 268 g/mol. The highest BCUT2D eigenvalue weighted by Gasteiger charge is 2.09. The van der Waals surface area contributed by atoms with Gasteiger partial charge < -0.3 is 24.8 Å². The smallest absolute Gasteiger partial charge is 0.123 e. The Labute approximate surface area is 115 Å². The molecule has 2 N–H and O–H groups in total. The summed E-state index contributed by atoms with van der Waals surface area (Å²) in [6.45, 7) is 5.46. The lowest BCUT2D eigenvalue weighted by Crippen LogP contribution is -2.30. The zero-order chi connectivity index (χ0) is 14.1. The highest BCUT2D eigenvalue weighted by Crippen LogP contribution is 2.25. The molecule has 0 aliphatic heterocycles. The van der Waals surface area contributed by atoms with Crippen LogP contribution < -0.4 is 15.4 Å². The number of anilines is 2. The third-order valence-electron chi connectivity index (χ3n) is 2.72.